The predicted molar refractivity (Wildman–Crippen MR) is 90.7 cm³/mol. The molecule has 1 aromatic rings. The highest BCUT2D eigenvalue weighted by Gasteiger charge is 2.18. The van der Waals surface area contributed by atoms with Crippen LogP contribution in [0.2, 0.25) is 5.02 Å². The third-order valence-corrected chi connectivity index (χ3v) is 4.45. The van der Waals surface area contributed by atoms with Crippen LogP contribution in [0.5, 0.6) is 0 Å². The zero-order valence-corrected chi connectivity index (χ0v) is 14.3. The van der Waals surface area contributed by atoms with Crippen molar-refractivity contribution in [3.05, 3.63) is 34.9 Å². The maximum atomic E-state index is 11.8. The van der Waals surface area contributed by atoms with E-state index in [1.165, 1.54) is 5.56 Å². The molecule has 0 aliphatic carbocycles. The Hall–Kier alpha value is -0.710. The van der Waals surface area contributed by atoms with Gasteiger partial charge in [0.15, 0.2) is 0 Å². The Morgan fingerprint density at radius 3 is 2.62 bits per heavy atom. The van der Waals surface area contributed by atoms with Gasteiger partial charge < -0.3 is 10.4 Å². The number of carbonyl (C=O) groups excluding carboxylic acids is 1. The fraction of sp³-hybridized carbons (Fsp3) is 0.562. The van der Waals surface area contributed by atoms with Gasteiger partial charge in [-0.05, 0) is 36.0 Å². The second-order valence-electron chi connectivity index (χ2n) is 5.89. The van der Waals surface area contributed by atoms with E-state index in [2.05, 4.69) is 19.2 Å². The van der Waals surface area contributed by atoms with Crippen LogP contribution in [-0.2, 0) is 10.5 Å². The lowest BCUT2D eigenvalue weighted by Crippen LogP contribution is -2.35. The van der Waals surface area contributed by atoms with E-state index in [0.717, 1.165) is 23.6 Å². The molecule has 0 heterocycles. The predicted octanol–water partition coefficient (Wildman–Crippen LogP) is 3.49. The number of nitrogens with one attached hydrogen (secondary N) is 1. The zero-order chi connectivity index (χ0) is 15.7. The quantitative estimate of drug-likeness (QED) is 0.729. The molecular formula is C16H24ClNO2S. The van der Waals surface area contributed by atoms with E-state index in [1.807, 2.05) is 24.3 Å². The van der Waals surface area contributed by atoms with Gasteiger partial charge in [-0.25, -0.2) is 0 Å². The Kier molecular flexibility index (Phi) is 8.15. The summed E-state index contributed by atoms with van der Waals surface area (Å²) in [5.41, 5.74) is 1.19. The third kappa shape index (κ3) is 8.34. The van der Waals surface area contributed by atoms with Gasteiger partial charge in [0.2, 0.25) is 5.91 Å². The minimum Gasteiger partial charge on any atom is -0.396 e. The molecule has 0 atom stereocenters. The summed E-state index contributed by atoms with van der Waals surface area (Å²) in [6.07, 6.45) is 1.68. The summed E-state index contributed by atoms with van der Waals surface area (Å²) in [5.74, 6) is 1.32. The van der Waals surface area contributed by atoms with Crippen molar-refractivity contribution < 1.29 is 9.90 Å². The molecule has 1 aromatic carbocycles. The average molecular weight is 330 g/mol. The van der Waals surface area contributed by atoms with Crippen molar-refractivity contribution in [3.63, 3.8) is 0 Å². The molecule has 0 saturated carbocycles. The van der Waals surface area contributed by atoms with Crippen LogP contribution in [-0.4, -0.2) is 29.9 Å². The summed E-state index contributed by atoms with van der Waals surface area (Å²) < 4.78 is 0. The first kappa shape index (κ1) is 18.3. The average Bonchev–Trinajstić information content (AvgIpc) is 2.45. The molecule has 0 fully saturated rings. The topological polar surface area (TPSA) is 49.3 Å². The molecule has 0 spiro atoms. The Morgan fingerprint density at radius 1 is 1.33 bits per heavy atom. The van der Waals surface area contributed by atoms with Crippen molar-refractivity contribution in [2.45, 2.75) is 32.4 Å². The van der Waals surface area contributed by atoms with Gasteiger partial charge in [0.1, 0.15) is 0 Å². The highest BCUT2D eigenvalue weighted by molar-refractivity contribution is 7.99. The number of amides is 1. The van der Waals surface area contributed by atoms with Crippen LogP contribution in [0.1, 0.15) is 32.3 Å². The summed E-state index contributed by atoms with van der Waals surface area (Å²) in [5, 5.41) is 12.5. The lowest BCUT2D eigenvalue weighted by molar-refractivity contribution is -0.119. The van der Waals surface area contributed by atoms with Crippen LogP contribution in [0.25, 0.3) is 0 Å². The summed E-state index contributed by atoms with van der Waals surface area (Å²) in [6.45, 7) is 5.05. The largest absolute Gasteiger partial charge is 0.396 e. The number of benzene rings is 1. The summed E-state index contributed by atoms with van der Waals surface area (Å²) in [7, 11) is 0. The van der Waals surface area contributed by atoms with Crippen LogP contribution in [0.3, 0.4) is 0 Å². The molecule has 1 rings (SSSR count). The van der Waals surface area contributed by atoms with Crippen LogP contribution in [0.15, 0.2) is 24.3 Å². The Bertz CT molecular complexity index is 434. The third-order valence-electron chi connectivity index (χ3n) is 3.19. The van der Waals surface area contributed by atoms with Gasteiger partial charge in [0, 0.05) is 23.9 Å². The second-order valence-corrected chi connectivity index (χ2v) is 7.31. The SMILES string of the molecule is CC(C)(CCCO)CNC(=O)CSCc1ccc(Cl)cc1. The van der Waals surface area contributed by atoms with E-state index in [4.69, 9.17) is 16.7 Å². The molecular weight excluding hydrogens is 306 g/mol. The lowest BCUT2D eigenvalue weighted by atomic mass is 9.88. The van der Waals surface area contributed by atoms with Gasteiger partial charge in [-0.3, -0.25) is 4.79 Å². The molecule has 1 amide bonds. The molecule has 3 nitrogen and oxygen atoms in total. The number of carbonyl (C=O) groups is 1. The highest BCUT2D eigenvalue weighted by atomic mass is 35.5. The molecule has 0 aliphatic heterocycles. The van der Waals surface area contributed by atoms with Crippen molar-refractivity contribution in [3.8, 4) is 0 Å². The van der Waals surface area contributed by atoms with Crippen molar-refractivity contribution in [2.24, 2.45) is 5.41 Å². The monoisotopic (exact) mass is 329 g/mol. The molecule has 21 heavy (non-hydrogen) atoms. The Morgan fingerprint density at radius 2 is 2.00 bits per heavy atom. The Balaban J connectivity index is 2.20. The molecule has 5 heteroatoms. The van der Waals surface area contributed by atoms with Crippen molar-refractivity contribution in [1.82, 2.24) is 5.32 Å². The van der Waals surface area contributed by atoms with Crippen molar-refractivity contribution in [2.75, 3.05) is 18.9 Å². The summed E-state index contributed by atoms with van der Waals surface area (Å²) in [4.78, 5) is 11.8. The maximum Gasteiger partial charge on any atom is 0.230 e. The van der Waals surface area contributed by atoms with Crippen LogP contribution in [0.4, 0.5) is 0 Å². The number of halogens is 1. The number of aliphatic hydroxyl groups excluding tert-OH is 1. The number of hydrogen-bond acceptors (Lipinski definition) is 3. The maximum absolute atomic E-state index is 11.8. The van der Waals surface area contributed by atoms with E-state index in [9.17, 15) is 4.79 Å². The fourth-order valence-corrected chi connectivity index (χ4v) is 2.82. The van der Waals surface area contributed by atoms with E-state index in [1.54, 1.807) is 11.8 Å². The summed E-state index contributed by atoms with van der Waals surface area (Å²) >= 11 is 7.42. The molecule has 2 N–H and O–H groups in total. The molecule has 0 aliphatic rings. The first-order chi connectivity index (χ1) is 9.93. The Labute approximate surface area is 136 Å². The van der Waals surface area contributed by atoms with E-state index in [-0.39, 0.29) is 17.9 Å². The van der Waals surface area contributed by atoms with Gasteiger partial charge in [-0.15, -0.1) is 11.8 Å². The molecule has 0 radical (unpaired) electrons. The second kappa shape index (κ2) is 9.34. The fourth-order valence-electron chi connectivity index (χ4n) is 1.88. The van der Waals surface area contributed by atoms with Crippen LogP contribution < -0.4 is 5.32 Å². The summed E-state index contributed by atoms with van der Waals surface area (Å²) in [6, 6.07) is 7.68. The molecule has 0 saturated heterocycles. The van der Waals surface area contributed by atoms with Crippen molar-refractivity contribution >= 4 is 29.3 Å². The number of thioether (sulfide) groups is 1. The van der Waals surface area contributed by atoms with Gasteiger partial charge in [-0.2, -0.15) is 0 Å². The number of hydrogen-bond donors (Lipinski definition) is 2. The van der Waals surface area contributed by atoms with E-state index >= 15 is 0 Å². The highest BCUT2D eigenvalue weighted by Crippen LogP contribution is 2.21. The van der Waals surface area contributed by atoms with Gasteiger partial charge in [0.05, 0.1) is 5.75 Å². The van der Waals surface area contributed by atoms with Crippen LogP contribution in [0, 0.1) is 5.41 Å². The molecule has 118 valence electrons. The van der Waals surface area contributed by atoms with Crippen LogP contribution >= 0.6 is 23.4 Å². The standard InChI is InChI=1S/C16H24ClNO2S/c1-16(2,8-3-9-19)12-18-15(20)11-21-10-13-4-6-14(17)7-5-13/h4-7,19H,3,8-12H2,1-2H3,(H,18,20). The first-order valence-corrected chi connectivity index (χ1v) is 8.66. The van der Waals surface area contributed by atoms with Gasteiger partial charge in [-0.1, -0.05) is 37.6 Å². The normalized spacial score (nSPS) is 11.4. The lowest BCUT2D eigenvalue weighted by Gasteiger charge is -2.24. The van der Waals surface area contributed by atoms with Gasteiger partial charge in [0.25, 0.3) is 0 Å². The molecule has 0 unspecified atom stereocenters. The van der Waals surface area contributed by atoms with Gasteiger partial charge >= 0.3 is 0 Å². The minimum atomic E-state index is 0.0270. The minimum absolute atomic E-state index is 0.0270. The van der Waals surface area contributed by atoms with E-state index < -0.39 is 0 Å². The molecule has 0 aromatic heterocycles. The van der Waals surface area contributed by atoms with E-state index in [0.29, 0.717) is 12.3 Å². The number of aliphatic hydroxyl groups is 1. The zero-order valence-electron chi connectivity index (χ0n) is 12.7. The smallest absolute Gasteiger partial charge is 0.230 e. The number of rotatable bonds is 9. The first-order valence-electron chi connectivity index (χ1n) is 7.13. The van der Waals surface area contributed by atoms with Crippen molar-refractivity contribution in [1.29, 1.82) is 0 Å². The molecule has 0 bridgehead atoms.